The molecule has 8 atom stereocenters. The van der Waals surface area contributed by atoms with Crippen LogP contribution in [0.15, 0.2) is 133 Å². The Morgan fingerprint density at radius 3 is 1.60 bits per heavy atom. The Kier molecular flexibility index (Phi) is 10.8. The minimum atomic E-state index is 0.257. The van der Waals surface area contributed by atoms with Gasteiger partial charge in [0.1, 0.15) is 0 Å². The van der Waals surface area contributed by atoms with E-state index in [-0.39, 0.29) is 5.41 Å². The lowest BCUT2D eigenvalue weighted by Gasteiger charge is -2.51. The van der Waals surface area contributed by atoms with Crippen molar-refractivity contribution >= 4 is 10.8 Å². The molecule has 4 bridgehead atoms. The van der Waals surface area contributed by atoms with Gasteiger partial charge < -0.3 is 0 Å². The normalized spacial score (nSPS) is 27.2. The fourth-order valence-electron chi connectivity index (χ4n) is 14.3. The van der Waals surface area contributed by atoms with E-state index >= 15 is 0 Å². The van der Waals surface area contributed by atoms with Gasteiger partial charge in [0.2, 0.25) is 0 Å². The first-order chi connectivity index (χ1) is 31.7. The van der Waals surface area contributed by atoms with Gasteiger partial charge in [-0.3, -0.25) is 0 Å². The Morgan fingerprint density at radius 1 is 0.477 bits per heavy atom. The van der Waals surface area contributed by atoms with Gasteiger partial charge >= 0.3 is 0 Å². The average molecular weight is 851 g/mol. The molecule has 0 N–H and O–H groups in total. The molecule has 0 saturated heterocycles. The number of nitrogens with zero attached hydrogens (tertiary/aromatic N) is 4. The zero-order chi connectivity index (χ0) is 44.3. The van der Waals surface area contributed by atoms with E-state index in [1.165, 1.54) is 92.9 Å². The van der Waals surface area contributed by atoms with E-state index < -0.39 is 0 Å². The van der Waals surface area contributed by atoms with Gasteiger partial charge in [0.15, 0.2) is 17.5 Å². The minimum absolute atomic E-state index is 0.257. The first-order valence-corrected chi connectivity index (χ1v) is 24.8. The summed E-state index contributed by atoms with van der Waals surface area (Å²) in [7, 11) is 0. The van der Waals surface area contributed by atoms with E-state index in [1.54, 1.807) is 0 Å². The van der Waals surface area contributed by atoms with Crippen LogP contribution in [0.3, 0.4) is 0 Å². The van der Waals surface area contributed by atoms with Crippen molar-refractivity contribution < 1.29 is 0 Å². The maximum Gasteiger partial charge on any atom is 0.164 e. The third-order valence-electron chi connectivity index (χ3n) is 16.5. The second-order valence-corrected chi connectivity index (χ2v) is 21.5. The molecule has 6 aromatic carbocycles. The zero-order valence-electron chi connectivity index (χ0n) is 38.7. The molecule has 4 saturated carbocycles. The summed E-state index contributed by atoms with van der Waals surface area (Å²) in [6, 6.07) is 50.7. The second-order valence-electron chi connectivity index (χ2n) is 21.5. The van der Waals surface area contributed by atoms with Crippen LogP contribution in [0, 0.1) is 46.8 Å². The van der Waals surface area contributed by atoms with E-state index in [9.17, 15) is 5.26 Å². The third kappa shape index (κ3) is 7.90. The predicted octanol–water partition coefficient (Wildman–Crippen LogP) is 15.8. The van der Waals surface area contributed by atoms with Gasteiger partial charge in [-0.15, -0.1) is 0 Å². The summed E-state index contributed by atoms with van der Waals surface area (Å²) in [6.07, 6.45) is 14.7. The van der Waals surface area contributed by atoms with Crippen molar-refractivity contribution in [1.29, 1.82) is 5.26 Å². The van der Waals surface area contributed by atoms with Crippen LogP contribution in [0.2, 0.25) is 0 Å². The first kappa shape index (κ1) is 41.8. The summed E-state index contributed by atoms with van der Waals surface area (Å²) in [5.41, 5.74) is 11.8. The fraction of sp³-hybridized carbons (Fsp3) is 0.377. The molecule has 0 amide bonds. The Balaban J connectivity index is 0.990. The number of aromatic nitrogens is 3. The van der Waals surface area contributed by atoms with E-state index in [0.29, 0.717) is 28.5 Å². The highest BCUT2D eigenvalue weighted by molar-refractivity contribution is 6.04. The van der Waals surface area contributed by atoms with Crippen LogP contribution in [0.4, 0.5) is 0 Å². The maximum atomic E-state index is 9.48. The minimum Gasteiger partial charge on any atom is -0.208 e. The van der Waals surface area contributed by atoms with Crippen LogP contribution in [0.25, 0.3) is 67.2 Å². The molecule has 1 heterocycles. The topological polar surface area (TPSA) is 62.5 Å². The van der Waals surface area contributed by atoms with Crippen LogP contribution in [0.5, 0.6) is 0 Å². The monoisotopic (exact) mass is 850 g/mol. The zero-order valence-corrected chi connectivity index (χ0v) is 38.7. The summed E-state index contributed by atoms with van der Waals surface area (Å²) in [4.78, 5) is 16.0. The van der Waals surface area contributed by atoms with Crippen LogP contribution in [-0.2, 0) is 10.8 Å². The molecule has 2 unspecified atom stereocenters. The largest absolute Gasteiger partial charge is 0.208 e. The van der Waals surface area contributed by atoms with Gasteiger partial charge in [-0.25, -0.2) is 15.0 Å². The molecule has 0 radical (unpaired) electrons. The van der Waals surface area contributed by atoms with Crippen LogP contribution >= 0.6 is 0 Å². The number of benzene rings is 6. The van der Waals surface area contributed by atoms with Crippen molar-refractivity contribution in [3.8, 4) is 62.5 Å². The summed E-state index contributed by atoms with van der Waals surface area (Å²) in [5, 5.41) is 11.7. The number of hydrogen-bond donors (Lipinski definition) is 0. The Bertz CT molecular complexity index is 2880. The number of rotatable bonds is 8. The average Bonchev–Trinajstić information content (AvgIpc) is 3.33. The Labute approximate surface area is 386 Å². The third-order valence-corrected chi connectivity index (χ3v) is 16.5. The van der Waals surface area contributed by atoms with E-state index in [4.69, 9.17) is 15.0 Å². The molecular formula is C61H62N4. The lowest BCUT2D eigenvalue weighted by Crippen LogP contribution is -2.42. The molecule has 326 valence electrons. The molecule has 4 nitrogen and oxygen atoms in total. The highest BCUT2D eigenvalue weighted by Gasteiger charge is 2.46. The molecule has 0 aliphatic heterocycles. The predicted molar refractivity (Wildman–Crippen MR) is 267 cm³/mol. The Morgan fingerprint density at radius 2 is 0.985 bits per heavy atom. The molecule has 7 aromatic rings. The van der Waals surface area contributed by atoms with Crippen molar-refractivity contribution in [2.45, 2.75) is 109 Å². The van der Waals surface area contributed by atoms with Gasteiger partial charge in [0, 0.05) is 16.7 Å². The molecular weight excluding hydrogens is 789 g/mol. The quantitative estimate of drug-likeness (QED) is 0.153. The smallest absolute Gasteiger partial charge is 0.164 e. The summed E-state index contributed by atoms with van der Waals surface area (Å²) in [6.45, 7) is 9.81. The molecule has 11 rings (SSSR count). The molecule has 65 heavy (non-hydrogen) atoms. The van der Waals surface area contributed by atoms with Crippen molar-refractivity contribution in [3.63, 3.8) is 0 Å². The lowest BCUT2D eigenvalue weighted by molar-refractivity contribution is 0.0702. The van der Waals surface area contributed by atoms with Crippen molar-refractivity contribution in [1.82, 2.24) is 15.0 Å². The highest BCUT2D eigenvalue weighted by Crippen LogP contribution is 2.56. The summed E-state index contributed by atoms with van der Waals surface area (Å²) in [5.74, 6) is 6.86. The number of fused-ring (bicyclic) bond motifs is 5. The standard InChI is InChI=1S/C61H62N4/c1-5-42-30-45-29-41(4)34-61(35-42,37-45)52-21-17-46(18-22-52)49-9-8-10-50(31-49)58-63-57(48-19-23-51(24-20-48)60-32-39(2)27-44(36-60)28-40(3)33-60)64-59(65-58)56-26-25-53(54-11-6-7-12-55(54)56)47-15-13-43(38-62)14-16-47/h6-26,31,39-42,44-45H,5,27-30,32-37H2,1-4H3/t39-,40+,41-,42+,44-,45-,60?,61?/m0/s1. The molecule has 4 aliphatic rings. The number of hydrogen-bond acceptors (Lipinski definition) is 4. The van der Waals surface area contributed by atoms with Crippen LogP contribution in [-0.4, -0.2) is 15.0 Å². The SMILES string of the molecule is CC[C@@H]1C[C@@H]2C[C@H](C)CC(c3ccc(-c4cccc(-c5nc(-c6ccc(C78C[C@H](C)C[C@H](C[C@H](C)C7)C8)cc6)nc(-c6ccc(-c7ccc(C#N)cc7)c7ccccc67)n5)c4)cc3)(C1)C2. The Hall–Kier alpha value is -5.92. The lowest BCUT2D eigenvalue weighted by atomic mass is 9.54. The first-order valence-electron chi connectivity index (χ1n) is 24.8. The molecule has 4 heteroatoms. The second kappa shape index (κ2) is 16.8. The van der Waals surface area contributed by atoms with Crippen LogP contribution in [0.1, 0.15) is 115 Å². The number of nitriles is 1. The summed E-state index contributed by atoms with van der Waals surface area (Å²) < 4.78 is 0. The molecule has 4 fully saturated rings. The van der Waals surface area contributed by atoms with Crippen molar-refractivity contribution in [2.75, 3.05) is 0 Å². The fourth-order valence-corrected chi connectivity index (χ4v) is 14.3. The van der Waals surface area contributed by atoms with Gasteiger partial charge in [-0.2, -0.15) is 5.26 Å². The van der Waals surface area contributed by atoms with Crippen LogP contribution < -0.4 is 0 Å². The van der Waals surface area contributed by atoms with Crippen molar-refractivity contribution in [3.05, 3.63) is 150 Å². The molecule has 0 spiro atoms. The van der Waals surface area contributed by atoms with Gasteiger partial charge in [0.05, 0.1) is 11.6 Å². The molecule has 1 aromatic heterocycles. The van der Waals surface area contributed by atoms with Crippen molar-refractivity contribution in [2.24, 2.45) is 35.5 Å². The van der Waals surface area contributed by atoms with E-state index in [2.05, 4.69) is 143 Å². The van der Waals surface area contributed by atoms with Gasteiger partial charge in [-0.1, -0.05) is 143 Å². The molecule has 4 aliphatic carbocycles. The van der Waals surface area contributed by atoms with Gasteiger partial charge in [0.25, 0.3) is 0 Å². The van der Waals surface area contributed by atoms with E-state index in [0.717, 1.165) is 74.1 Å². The maximum absolute atomic E-state index is 9.48. The highest BCUT2D eigenvalue weighted by atomic mass is 15.0. The summed E-state index contributed by atoms with van der Waals surface area (Å²) >= 11 is 0. The van der Waals surface area contributed by atoms with Gasteiger partial charge in [-0.05, 0) is 179 Å². The van der Waals surface area contributed by atoms with E-state index in [1.807, 2.05) is 24.3 Å².